The molecular weight excluding hydrogens is 410 g/mol. The van der Waals surface area contributed by atoms with Crippen LogP contribution in [0.5, 0.6) is 0 Å². The Morgan fingerprint density at radius 3 is 2.38 bits per heavy atom. The average Bonchev–Trinajstić information content (AvgIpc) is 3.15. The molecule has 1 amide bonds. The minimum atomic E-state index is -3.68. The molecule has 0 aliphatic rings. The van der Waals surface area contributed by atoms with Crippen molar-refractivity contribution in [3.8, 4) is 0 Å². The van der Waals surface area contributed by atoms with Gasteiger partial charge in [-0.15, -0.1) is 0 Å². The maximum absolute atomic E-state index is 12.6. The Bertz CT molecular complexity index is 1080. The molecule has 29 heavy (non-hydrogen) atoms. The van der Waals surface area contributed by atoms with Crippen LogP contribution in [0.3, 0.4) is 0 Å². The van der Waals surface area contributed by atoms with E-state index >= 15 is 0 Å². The highest BCUT2D eigenvalue weighted by molar-refractivity contribution is 7.89. The molecule has 2 N–H and O–H groups in total. The molecule has 0 atom stereocenters. The number of hydrogen-bond donors (Lipinski definition) is 2. The number of carbonyl (C=O) groups excluding carboxylic acids is 1. The van der Waals surface area contributed by atoms with Gasteiger partial charge in [-0.05, 0) is 54.1 Å². The molecule has 0 saturated heterocycles. The first-order chi connectivity index (χ1) is 13.9. The fraction of sp³-hybridized carbons (Fsp3) is 0.190. The monoisotopic (exact) mass is 431 g/mol. The van der Waals surface area contributed by atoms with Crippen LogP contribution in [0.1, 0.15) is 24.6 Å². The van der Waals surface area contributed by atoms with Crippen LogP contribution in [0.25, 0.3) is 0 Å². The molecule has 2 aromatic carbocycles. The fourth-order valence-electron chi connectivity index (χ4n) is 2.77. The molecule has 0 saturated carbocycles. The highest BCUT2D eigenvalue weighted by atomic mass is 35.5. The third kappa shape index (κ3) is 5.69. The molecule has 152 valence electrons. The van der Waals surface area contributed by atoms with Gasteiger partial charge in [0.1, 0.15) is 0 Å². The van der Waals surface area contributed by atoms with Gasteiger partial charge in [-0.2, -0.15) is 0 Å². The fourth-order valence-corrected chi connectivity index (χ4v) is 3.89. The van der Waals surface area contributed by atoms with Crippen molar-refractivity contribution < 1.29 is 13.2 Å². The van der Waals surface area contributed by atoms with Crippen LogP contribution in [0.4, 0.5) is 5.69 Å². The van der Waals surface area contributed by atoms with Crippen molar-refractivity contribution in [1.29, 1.82) is 0 Å². The van der Waals surface area contributed by atoms with Crippen molar-refractivity contribution in [2.24, 2.45) is 0 Å². The van der Waals surface area contributed by atoms with E-state index in [1.165, 1.54) is 12.1 Å². The smallest absolute Gasteiger partial charge is 0.240 e. The van der Waals surface area contributed by atoms with Crippen molar-refractivity contribution in [3.63, 3.8) is 0 Å². The van der Waals surface area contributed by atoms with Gasteiger partial charge in [-0.1, -0.05) is 30.7 Å². The molecule has 0 spiro atoms. The summed E-state index contributed by atoms with van der Waals surface area (Å²) in [6.45, 7) is 2.53. The van der Waals surface area contributed by atoms with E-state index < -0.39 is 10.0 Å². The number of aromatic nitrogens is 1. The van der Waals surface area contributed by atoms with E-state index in [0.717, 1.165) is 11.3 Å². The molecule has 0 aliphatic heterocycles. The maximum atomic E-state index is 12.6. The van der Waals surface area contributed by atoms with Crippen molar-refractivity contribution in [3.05, 3.63) is 83.1 Å². The summed E-state index contributed by atoms with van der Waals surface area (Å²) in [4.78, 5) is 11.6. The Labute approximate surface area is 175 Å². The molecule has 3 aromatic rings. The standard InChI is InChI=1S/C21H22ClN3O3S/c1-2-21(26)24-18-9-11-20(12-10-18)29(27,28)23-14-19-4-3-13-25(19)15-16-5-7-17(22)8-6-16/h3-13,23H,2,14-15H2,1H3,(H,24,26). The molecule has 1 heterocycles. The van der Waals surface area contributed by atoms with Gasteiger partial charge >= 0.3 is 0 Å². The zero-order chi connectivity index (χ0) is 20.9. The second kappa shape index (κ2) is 9.26. The number of rotatable bonds is 8. The van der Waals surface area contributed by atoms with Crippen molar-refractivity contribution in [2.45, 2.75) is 31.3 Å². The van der Waals surface area contributed by atoms with E-state index in [4.69, 9.17) is 11.6 Å². The lowest BCUT2D eigenvalue weighted by atomic mass is 10.2. The topological polar surface area (TPSA) is 80.2 Å². The molecule has 1 aromatic heterocycles. The molecular formula is C21H22ClN3O3S. The van der Waals surface area contributed by atoms with Gasteiger partial charge in [0, 0.05) is 35.6 Å². The molecule has 8 heteroatoms. The number of amides is 1. The van der Waals surface area contributed by atoms with Crippen LogP contribution in [-0.2, 0) is 27.9 Å². The SMILES string of the molecule is CCC(=O)Nc1ccc(S(=O)(=O)NCc2cccn2Cc2ccc(Cl)cc2)cc1. The van der Waals surface area contributed by atoms with E-state index in [1.807, 2.05) is 47.2 Å². The van der Waals surface area contributed by atoms with E-state index in [0.29, 0.717) is 23.7 Å². The van der Waals surface area contributed by atoms with Gasteiger partial charge in [0.2, 0.25) is 15.9 Å². The number of hydrogen-bond acceptors (Lipinski definition) is 3. The highest BCUT2D eigenvalue weighted by Gasteiger charge is 2.15. The molecule has 3 rings (SSSR count). The van der Waals surface area contributed by atoms with Gasteiger partial charge in [0.15, 0.2) is 0 Å². The van der Waals surface area contributed by atoms with E-state index in [9.17, 15) is 13.2 Å². The second-order valence-corrected chi connectivity index (χ2v) is 8.71. The quantitative estimate of drug-likeness (QED) is 0.565. The van der Waals surface area contributed by atoms with Crippen LogP contribution in [0, 0.1) is 0 Å². The summed E-state index contributed by atoms with van der Waals surface area (Å²) in [5, 5.41) is 3.37. The zero-order valence-electron chi connectivity index (χ0n) is 15.9. The number of carbonyl (C=O) groups is 1. The summed E-state index contributed by atoms with van der Waals surface area (Å²) in [5.41, 5.74) is 2.47. The maximum Gasteiger partial charge on any atom is 0.240 e. The Kier molecular flexibility index (Phi) is 6.74. The van der Waals surface area contributed by atoms with Crippen molar-refractivity contribution in [1.82, 2.24) is 9.29 Å². The normalized spacial score (nSPS) is 11.4. The molecule has 0 bridgehead atoms. The Morgan fingerprint density at radius 2 is 1.72 bits per heavy atom. The third-order valence-electron chi connectivity index (χ3n) is 4.40. The second-order valence-electron chi connectivity index (χ2n) is 6.50. The van der Waals surface area contributed by atoms with E-state index in [1.54, 1.807) is 19.1 Å². The number of halogens is 1. The largest absolute Gasteiger partial charge is 0.346 e. The number of nitrogens with zero attached hydrogens (tertiary/aromatic N) is 1. The molecule has 0 fully saturated rings. The minimum absolute atomic E-state index is 0.125. The molecule has 0 unspecified atom stereocenters. The Balaban J connectivity index is 1.65. The summed E-state index contributed by atoms with van der Waals surface area (Å²) in [7, 11) is -3.68. The predicted octanol–water partition coefficient (Wildman–Crippen LogP) is 4.02. The predicted molar refractivity (Wildman–Crippen MR) is 114 cm³/mol. The van der Waals surface area contributed by atoms with Crippen LogP contribution in [0.15, 0.2) is 71.8 Å². The van der Waals surface area contributed by atoms with Crippen molar-refractivity contribution in [2.75, 3.05) is 5.32 Å². The first-order valence-corrected chi connectivity index (χ1v) is 11.0. The summed E-state index contributed by atoms with van der Waals surface area (Å²) in [5.74, 6) is -0.125. The van der Waals surface area contributed by atoms with Gasteiger partial charge in [0.25, 0.3) is 0 Å². The van der Waals surface area contributed by atoms with E-state index in [-0.39, 0.29) is 17.3 Å². The number of benzene rings is 2. The number of sulfonamides is 1. The lowest BCUT2D eigenvalue weighted by Gasteiger charge is -2.12. The minimum Gasteiger partial charge on any atom is -0.346 e. The van der Waals surface area contributed by atoms with Gasteiger partial charge in [0.05, 0.1) is 11.4 Å². The summed E-state index contributed by atoms with van der Waals surface area (Å²) in [6.07, 6.45) is 2.26. The molecule has 0 radical (unpaired) electrons. The average molecular weight is 432 g/mol. The van der Waals surface area contributed by atoms with E-state index in [2.05, 4.69) is 10.0 Å². The van der Waals surface area contributed by atoms with Crippen LogP contribution in [-0.4, -0.2) is 18.9 Å². The first kappa shape index (κ1) is 21.1. The summed E-state index contributed by atoms with van der Waals surface area (Å²) >= 11 is 5.92. The van der Waals surface area contributed by atoms with Crippen LogP contribution < -0.4 is 10.0 Å². The van der Waals surface area contributed by atoms with Gasteiger partial charge in [-0.3, -0.25) is 4.79 Å². The number of anilines is 1. The van der Waals surface area contributed by atoms with Crippen LogP contribution in [0.2, 0.25) is 5.02 Å². The summed E-state index contributed by atoms with van der Waals surface area (Å²) in [6, 6.07) is 17.4. The molecule has 0 aliphatic carbocycles. The first-order valence-electron chi connectivity index (χ1n) is 9.15. The highest BCUT2D eigenvalue weighted by Crippen LogP contribution is 2.16. The van der Waals surface area contributed by atoms with Gasteiger partial charge < -0.3 is 9.88 Å². The van der Waals surface area contributed by atoms with Gasteiger partial charge in [-0.25, -0.2) is 13.1 Å². The van der Waals surface area contributed by atoms with Crippen LogP contribution >= 0.6 is 11.6 Å². The zero-order valence-corrected chi connectivity index (χ0v) is 17.5. The Morgan fingerprint density at radius 1 is 1.03 bits per heavy atom. The Hall–Kier alpha value is -2.61. The van der Waals surface area contributed by atoms with Crippen molar-refractivity contribution >= 4 is 33.2 Å². The molecule has 6 nitrogen and oxygen atoms in total. The lowest BCUT2D eigenvalue weighted by molar-refractivity contribution is -0.115. The summed E-state index contributed by atoms with van der Waals surface area (Å²) < 4.78 is 29.8. The lowest BCUT2D eigenvalue weighted by Crippen LogP contribution is -2.24. The third-order valence-corrected chi connectivity index (χ3v) is 6.07. The number of nitrogens with one attached hydrogen (secondary N) is 2.